The first-order chi connectivity index (χ1) is 2.41. The van der Waals surface area contributed by atoms with Crippen LogP contribution < -0.4 is 0 Å². The summed E-state index contributed by atoms with van der Waals surface area (Å²) >= 11 is 2.94. The maximum atomic E-state index is 8.81. The third-order valence-electron chi connectivity index (χ3n) is 0. The molecule has 0 spiro atoms. The summed E-state index contributed by atoms with van der Waals surface area (Å²) in [6.45, 7) is 1.44. The third kappa shape index (κ3) is 853. The highest BCUT2D eigenvalue weighted by Crippen LogP contribution is 1.45. The number of aldehydes is 1. The van der Waals surface area contributed by atoms with E-state index in [1.807, 2.05) is 5.83 Å². The molecule has 5 heavy (non-hydrogen) atoms. The fourth-order valence-corrected chi connectivity index (χ4v) is 0. The molecule has 0 radical (unpaired) electrons. The van der Waals surface area contributed by atoms with Gasteiger partial charge in [0.2, 0.25) is 0 Å². The Morgan fingerprint density at radius 3 is 1.60 bits per heavy atom. The molecule has 0 saturated heterocycles. The van der Waals surface area contributed by atoms with Crippen LogP contribution in [0.3, 0.4) is 0 Å². The normalized spacial score (nSPS) is 3.80. The van der Waals surface area contributed by atoms with Gasteiger partial charge in [-0.2, -0.15) is 0 Å². The highest BCUT2D eigenvalue weighted by molar-refractivity contribution is 9.08. The number of hydrogen-bond donors (Lipinski definition) is 0. The Morgan fingerprint density at radius 2 is 1.60 bits per heavy atom. The number of carbonyl (C=O) groups is 1. The SMILES string of the molecule is CBr.CC=O. The Balaban J connectivity index is 0. The van der Waals surface area contributed by atoms with E-state index in [1.54, 1.807) is 0 Å². The lowest BCUT2D eigenvalue weighted by Crippen LogP contribution is -1.36. The van der Waals surface area contributed by atoms with Crippen molar-refractivity contribution in [2.45, 2.75) is 6.92 Å². The van der Waals surface area contributed by atoms with Crippen molar-refractivity contribution in [1.29, 1.82) is 0 Å². The van der Waals surface area contributed by atoms with Gasteiger partial charge in [-0.1, -0.05) is 15.9 Å². The van der Waals surface area contributed by atoms with Gasteiger partial charge in [0, 0.05) is 0 Å². The predicted octanol–water partition coefficient (Wildman–Crippen LogP) is 1.22. The second kappa shape index (κ2) is 31.1. The molecule has 0 bridgehead atoms. The average molecular weight is 139 g/mol. The zero-order valence-electron chi connectivity index (χ0n) is 3.36. The maximum absolute atomic E-state index is 8.81. The molecule has 0 heterocycles. The summed E-state index contributed by atoms with van der Waals surface area (Å²) in [4.78, 5) is 8.81. The highest BCUT2D eigenvalue weighted by Gasteiger charge is 1.24. The van der Waals surface area contributed by atoms with Crippen molar-refractivity contribution in [3.63, 3.8) is 0 Å². The average Bonchev–Trinajstić information content (AvgIpc) is 1.46. The third-order valence-corrected chi connectivity index (χ3v) is 0. The van der Waals surface area contributed by atoms with Gasteiger partial charge in [0.25, 0.3) is 0 Å². The van der Waals surface area contributed by atoms with Crippen LogP contribution in [0.2, 0.25) is 0 Å². The van der Waals surface area contributed by atoms with Crippen LogP contribution >= 0.6 is 15.9 Å². The lowest BCUT2D eigenvalue weighted by molar-refractivity contribution is -0.106. The van der Waals surface area contributed by atoms with Crippen LogP contribution in [-0.4, -0.2) is 12.1 Å². The van der Waals surface area contributed by atoms with E-state index in [0.717, 1.165) is 6.29 Å². The van der Waals surface area contributed by atoms with Gasteiger partial charge in [-0.05, 0) is 12.8 Å². The van der Waals surface area contributed by atoms with Gasteiger partial charge in [0.15, 0.2) is 0 Å². The monoisotopic (exact) mass is 138 g/mol. The summed E-state index contributed by atoms with van der Waals surface area (Å²) in [7, 11) is 0. The van der Waals surface area contributed by atoms with E-state index in [4.69, 9.17) is 4.79 Å². The van der Waals surface area contributed by atoms with Crippen LogP contribution in [0.4, 0.5) is 0 Å². The molecule has 0 rings (SSSR count). The summed E-state index contributed by atoms with van der Waals surface area (Å²) in [6.07, 6.45) is 0.750. The summed E-state index contributed by atoms with van der Waals surface area (Å²) in [6, 6.07) is 0. The van der Waals surface area contributed by atoms with E-state index in [1.165, 1.54) is 6.92 Å². The second-order valence-electron chi connectivity index (χ2n) is 0.236. The Morgan fingerprint density at radius 1 is 1.60 bits per heavy atom. The Bertz CT molecular complexity index is 14.4. The van der Waals surface area contributed by atoms with Gasteiger partial charge in [-0.15, -0.1) is 0 Å². The van der Waals surface area contributed by atoms with E-state index < -0.39 is 0 Å². The molecule has 0 atom stereocenters. The molecule has 2 heteroatoms. The predicted molar refractivity (Wildman–Crippen MR) is 26.6 cm³/mol. The van der Waals surface area contributed by atoms with Crippen molar-refractivity contribution < 1.29 is 4.79 Å². The maximum Gasteiger partial charge on any atom is 0.116 e. The zero-order valence-corrected chi connectivity index (χ0v) is 4.95. The van der Waals surface area contributed by atoms with Crippen LogP contribution in [-0.2, 0) is 4.79 Å². The number of carbonyl (C=O) groups excluding carboxylic acids is 1. The summed E-state index contributed by atoms with van der Waals surface area (Å²) in [5.74, 6) is 1.81. The quantitative estimate of drug-likeness (QED) is 0.364. The van der Waals surface area contributed by atoms with Crippen molar-refractivity contribution in [3.8, 4) is 0 Å². The van der Waals surface area contributed by atoms with Crippen molar-refractivity contribution in [3.05, 3.63) is 0 Å². The molecule has 0 aliphatic rings. The van der Waals surface area contributed by atoms with Crippen LogP contribution in [0.1, 0.15) is 6.92 Å². The minimum atomic E-state index is 0.750. The minimum Gasteiger partial charge on any atom is -0.304 e. The van der Waals surface area contributed by atoms with E-state index in [9.17, 15) is 0 Å². The molecule has 0 aromatic heterocycles. The lowest BCUT2D eigenvalue weighted by Gasteiger charge is -1.23. The molecular formula is C3H7BrO. The van der Waals surface area contributed by atoms with Crippen molar-refractivity contribution >= 4 is 22.2 Å². The second-order valence-corrected chi connectivity index (χ2v) is 0.236. The first-order valence-electron chi connectivity index (χ1n) is 1.19. The van der Waals surface area contributed by atoms with E-state index in [-0.39, 0.29) is 0 Å². The molecule has 0 saturated carbocycles. The van der Waals surface area contributed by atoms with Crippen molar-refractivity contribution in [1.82, 2.24) is 0 Å². The molecule has 0 aromatic rings. The van der Waals surface area contributed by atoms with Gasteiger partial charge < -0.3 is 4.79 Å². The first-order valence-corrected chi connectivity index (χ1v) is 2.78. The van der Waals surface area contributed by atoms with Crippen LogP contribution in [0.15, 0.2) is 0 Å². The smallest absolute Gasteiger partial charge is 0.116 e. The lowest BCUT2D eigenvalue weighted by atomic mass is 11.0. The zero-order chi connectivity index (χ0) is 4.71. The molecule has 0 aliphatic carbocycles. The number of alkyl halides is 1. The number of halogens is 1. The Labute approximate surface area is 40.5 Å². The largest absolute Gasteiger partial charge is 0.304 e. The van der Waals surface area contributed by atoms with Gasteiger partial charge in [0.05, 0.1) is 0 Å². The standard InChI is InChI=1S/C2H4O.CH3Br/c1-2-3;1-2/h2H,1H3;1H3. The van der Waals surface area contributed by atoms with Crippen molar-refractivity contribution in [2.75, 3.05) is 5.83 Å². The van der Waals surface area contributed by atoms with Crippen LogP contribution in [0, 0.1) is 0 Å². The molecule has 0 aromatic carbocycles. The first kappa shape index (κ1) is 8.94. The van der Waals surface area contributed by atoms with E-state index in [0.29, 0.717) is 0 Å². The van der Waals surface area contributed by atoms with Crippen LogP contribution in [0.5, 0.6) is 0 Å². The minimum absolute atomic E-state index is 0.750. The molecule has 1 nitrogen and oxygen atoms in total. The van der Waals surface area contributed by atoms with Gasteiger partial charge in [-0.3, -0.25) is 0 Å². The fourth-order valence-electron chi connectivity index (χ4n) is 0. The molecule has 0 N–H and O–H groups in total. The molecule has 0 amide bonds. The summed E-state index contributed by atoms with van der Waals surface area (Å²) in [5.41, 5.74) is 0. The van der Waals surface area contributed by atoms with Crippen molar-refractivity contribution in [2.24, 2.45) is 0 Å². The molecule has 0 fully saturated rings. The van der Waals surface area contributed by atoms with E-state index >= 15 is 0 Å². The number of rotatable bonds is 0. The topological polar surface area (TPSA) is 17.1 Å². The fraction of sp³-hybridized carbons (Fsp3) is 0.667. The summed E-state index contributed by atoms with van der Waals surface area (Å²) in [5, 5.41) is 0. The highest BCUT2D eigenvalue weighted by atomic mass is 79.9. The molecule has 32 valence electrons. The summed E-state index contributed by atoms with van der Waals surface area (Å²) < 4.78 is 0. The van der Waals surface area contributed by atoms with Crippen LogP contribution in [0.25, 0.3) is 0 Å². The Kier molecular flexibility index (Phi) is 55.7. The number of hydrogen-bond acceptors (Lipinski definition) is 1. The van der Waals surface area contributed by atoms with Gasteiger partial charge in [0.1, 0.15) is 6.29 Å². The molecular weight excluding hydrogens is 132 g/mol. The Hall–Kier alpha value is 0.150. The molecule has 0 unspecified atom stereocenters. The van der Waals surface area contributed by atoms with Gasteiger partial charge >= 0.3 is 0 Å². The molecule has 0 aliphatic heterocycles. The van der Waals surface area contributed by atoms with Gasteiger partial charge in [-0.25, -0.2) is 0 Å². The van der Waals surface area contributed by atoms with E-state index in [2.05, 4.69) is 15.9 Å².